The van der Waals surface area contributed by atoms with Gasteiger partial charge in [0.05, 0.1) is 11.6 Å². The van der Waals surface area contributed by atoms with Crippen LogP contribution >= 0.6 is 0 Å². The summed E-state index contributed by atoms with van der Waals surface area (Å²) in [4.78, 5) is 0. The summed E-state index contributed by atoms with van der Waals surface area (Å²) in [6.45, 7) is 0.929. The molecule has 0 heterocycles. The van der Waals surface area contributed by atoms with Crippen molar-refractivity contribution in [3.05, 3.63) is 29.8 Å². The Balaban J connectivity index is 2.70. The van der Waals surface area contributed by atoms with Crippen LogP contribution in [0.15, 0.2) is 24.3 Å². The number of nitriles is 1. The molecule has 0 N–H and O–H groups in total. The first-order valence-electron chi connectivity index (χ1n) is 4.17. The van der Waals surface area contributed by atoms with E-state index < -0.39 is 12.3 Å². The Morgan fingerprint density at radius 2 is 1.80 bits per heavy atom. The van der Waals surface area contributed by atoms with E-state index in [0.29, 0.717) is 5.56 Å². The highest BCUT2D eigenvalue weighted by Crippen LogP contribution is 2.24. The Bertz CT molecular complexity index is 364. The fraction of sp³-hybridized carbons (Fsp3) is 0.300. The van der Waals surface area contributed by atoms with Crippen LogP contribution in [0.4, 0.5) is 13.2 Å². The van der Waals surface area contributed by atoms with Crippen molar-refractivity contribution in [3.63, 3.8) is 0 Å². The molecule has 0 aliphatic rings. The summed E-state index contributed by atoms with van der Waals surface area (Å²) >= 11 is 0. The molecule has 0 fully saturated rings. The zero-order valence-electron chi connectivity index (χ0n) is 7.88. The maximum atomic E-state index is 12.1. The predicted octanol–water partition coefficient (Wildman–Crippen LogP) is 2.89. The van der Waals surface area contributed by atoms with Crippen LogP contribution in [0.3, 0.4) is 0 Å². The number of nitrogens with zero attached hydrogens (tertiary/aromatic N) is 1. The van der Waals surface area contributed by atoms with E-state index >= 15 is 0 Å². The fourth-order valence-electron chi connectivity index (χ4n) is 0.879. The van der Waals surface area contributed by atoms with Crippen molar-refractivity contribution >= 4 is 0 Å². The molecule has 0 bridgehead atoms. The Hall–Kier alpha value is -1.70. The van der Waals surface area contributed by atoms with Gasteiger partial charge in [-0.3, -0.25) is 0 Å². The molecule has 1 aromatic carbocycles. The van der Waals surface area contributed by atoms with Crippen LogP contribution in [0.2, 0.25) is 0 Å². The molecule has 5 heteroatoms. The molecule has 0 amide bonds. The first-order valence-corrected chi connectivity index (χ1v) is 4.17. The summed E-state index contributed by atoms with van der Waals surface area (Å²) in [6, 6.07) is 7.33. The summed E-state index contributed by atoms with van der Waals surface area (Å²) in [5, 5.41) is 8.47. The third kappa shape index (κ3) is 3.17. The molecule has 0 aliphatic heterocycles. The lowest BCUT2D eigenvalue weighted by atomic mass is 10.2. The van der Waals surface area contributed by atoms with E-state index in [1.54, 1.807) is 0 Å². The van der Waals surface area contributed by atoms with Gasteiger partial charge in [0.2, 0.25) is 0 Å². The quantitative estimate of drug-likeness (QED) is 0.759. The second-order valence-corrected chi connectivity index (χ2v) is 2.94. The molecular formula is C10H8F3NO. The first-order chi connectivity index (χ1) is 6.93. The van der Waals surface area contributed by atoms with E-state index in [-0.39, 0.29) is 5.75 Å². The molecule has 0 aromatic heterocycles. The van der Waals surface area contributed by atoms with Crippen molar-refractivity contribution < 1.29 is 17.9 Å². The molecule has 0 radical (unpaired) electrons. The summed E-state index contributed by atoms with van der Waals surface area (Å²) in [7, 11) is 0. The molecular weight excluding hydrogens is 207 g/mol. The Kier molecular flexibility index (Phi) is 3.20. The number of hydrogen-bond donors (Lipinski definition) is 0. The van der Waals surface area contributed by atoms with Gasteiger partial charge in [-0.2, -0.15) is 18.4 Å². The highest BCUT2D eigenvalue weighted by molar-refractivity contribution is 5.34. The van der Waals surface area contributed by atoms with E-state index in [1.165, 1.54) is 24.3 Å². The molecule has 1 aromatic rings. The molecule has 1 atom stereocenters. The molecule has 0 saturated carbocycles. The average Bonchev–Trinajstić information content (AvgIpc) is 2.17. The van der Waals surface area contributed by atoms with Gasteiger partial charge >= 0.3 is 6.18 Å². The number of rotatable bonds is 2. The number of benzene rings is 1. The van der Waals surface area contributed by atoms with Crippen LogP contribution in [0.25, 0.3) is 0 Å². The van der Waals surface area contributed by atoms with E-state index in [2.05, 4.69) is 4.74 Å². The van der Waals surface area contributed by atoms with Crippen LogP contribution in [-0.2, 0) is 0 Å². The number of ether oxygens (including phenoxy) is 1. The zero-order valence-corrected chi connectivity index (χ0v) is 7.88. The van der Waals surface area contributed by atoms with Crippen molar-refractivity contribution in [2.75, 3.05) is 0 Å². The van der Waals surface area contributed by atoms with E-state index in [4.69, 9.17) is 5.26 Å². The topological polar surface area (TPSA) is 33.0 Å². The van der Waals surface area contributed by atoms with Crippen LogP contribution in [0, 0.1) is 11.3 Å². The maximum absolute atomic E-state index is 12.1. The van der Waals surface area contributed by atoms with E-state index in [1.807, 2.05) is 6.07 Å². The van der Waals surface area contributed by atoms with Gasteiger partial charge in [-0.15, -0.1) is 0 Å². The predicted molar refractivity (Wildman–Crippen MR) is 47.3 cm³/mol. The SMILES string of the molecule is C[C@H](Oc1ccc(C#N)cc1)C(F)(F)F. The van der Waals surface area contributed by atoms with Crippen LogP contribution in [-0.4, -0.2) is 12.3 Å². The van der Waals surface area contributed by atoms with Crippen molar-refractivity contribution in [1.82, 2.24) is 0 Å². The van der Waals surface area contributed by atoms with Crippen molar-refractivity contribution in [2.24, 2.45) is 0 Å². The summed E-state index contributed by atoms with van der Waals surface area (Å²) in [6.07, 6.45) is -6.24. The first kappa shape index (κ1) is 11.4. The minimum Gasteiger partial charge on any atom is -0.481 e. The molecule has 80 valence electrons. The summed E-state index contributed by atoms with van der Waals surface area (Å²) in [5.41, 5.74) is 0.377. The highest BCUT2D eigenvalue weighted by Gasteiger charge is 2.37. The average molecular weight is 215 g/mol. The maximum Gasteiger partial charge on any atom is 0.425 e. The second-order valence-electron chi connectivity index (χ2n) is 2.94. The number of halogens is 3. The molecule has 15 heavy (non-hydrogen) atoms. The molecule has 2 nitrogen and oxygen atoms in total. The van der Waals surface area contributed by atoms with Gasteiger partial charge in [-0.05, 0) is 31.2 Å². The molecule has 1 rings (SSSR count). The fourth-order valence-corrected chi connectivity index (χ4v) is 0.879. The largest absolute Gasteiger partial charge is 0.481 e. The van der Waals surface area contributed by atoms with Gasteiger partial charge in [0.25, 0.3) is 0 Å². The van der Waals surface area contributed by atoms with Gasteiger partial charge in [0.1, 0.15) is 5.75 Å². The highest BCUT2D eigenvalue weighted by atomic mass is 19.4. The van der Waals surface area contributed by atoms with Gasteiger partial charge in [-0.1, -0.05) is 0 Å². The van der Waals surface area contributed by atoms with Crippen molar-refractivity contribution in [2.45, 2.75) is 19.2 Å². The molecule has 0 saturated heterocycles. The smallest absolute Gasteiger partial charge is 0.425 e. The third-order valence-corrected chi connectivity index (χ3v) is 1.76. The Labute approximate surface area is 84.9 Å². The minimum atomic E-state index is -4.38. The second kappa shape index (κ2) is 4.22. The van der Waals surface area contributed by atoms with E-state index in [0.717, 1.165) is 6.92 Å². The van der Waals surface area contributed by atoms with Crippen LogP contribution in [0.5, 0.6) is 5.75 Å². The van der Waals surface area contributed by atoms with Crippen molar-refractivity contribution in [1.29, 1.82) is 5.26 Å². The molecule has 0 aliphatic carbocycles. The lowest BCUT2D eigenvalue weighted by molar-refractivity contribution is -0.189. The van der Waals surface area contributed by atoms with Gasteiger partial charge in [0, 0.05) is 0 Å². The van der Waals surface area contributed by atoms with Crippen LogP contribution in [0.1, 0.15) is 12.5 Å². The standard InChI is InChI=1S/C10H8F3NO/c1-7(10(11,12)13)15-9-4-2-8(6-14)3-5-9/h2-5,7H,1H3/t7-/m0/s1. The monoisotopic (exact) mass is 215 g/mol. The van der Waals surface area contributed by atoms with Crippen LogP contribution < -0.4 is 4.74 Å². The third-order valence-electron chi connectivity index (χ3n) is 1.76. The summed E-state index contributed by atoms with van der Waals surface area (Å²) in [5.74, 6) is 0.0961. The molecule has 0 spiro atoms. The summed E-state index contributed by atoms with van der Waals surface area (Å²) < 4.78 is 41.0. The Morgan fingerprint density at radius 3 is 2.20 bits per heavy atom. The van der Waals surface area contributed by atoms with E-state index in [9.17, 15) is 13.2 Å². The van der Waals surface area contributed by atoms with Gasteiger partial charge < -0.3 is 4.74 Å². The Morgan fingerprint density at radius 1 is 1.27 bits per heavy atom. The minimum absolute atomic E-state index is 0.0961. The lowest BCUT2D eigenvalue weighted by Gasteiger charge is -2.17. The molecule has 0 unspecified atom stereocenters. The van der Waals surface area contributed by atoms with Gasteiger partial charge in [-0.25, -0.2) is 0 Å². The lowest BCUT2D eigenvalue weighted by Crippen LogP contribution is -2.31. The number of alkyl halides is 3. The zero-order chi connectivity index (χ0) is 11.5. The van der Waals surface area contributed by atoms with Crippen molar-refractivity contribution in [3.8, 4) is 11.8 Å². The van der Waals surface area contributed by atoms with Gasteiger partial charge in [0.15, 0.2) is 6.10 Å². The normalized spacial score (nSPS) is 13.0. The number of hydrogen-bond acceptors (Lipinski definition) is 2.